The molecule has 1 N–H and O–H groups in total. The summed E-state index contributed by atoms with van der Waals surface area (Å²) in [7, 11) is 2.65. The van der Waals surface area contributed by atoms with Crippen molar-refractivity contribution in [3.8, 4) is 17.6 Å². The van der Waals surface area contributed by atoms with Crippen LogP contribution in [0, 0.1) is 11.3 Å². The molecule has 2 aromatic rings. The quantitative estimate of drug-likeness (QED) is 0.304. The second-order valence-electron chi connectivity index (χ2n) is 6.21. The molecule has 10 nitrogen and oxygen atoms in total. The smallest absolute Gasteiger partial charge is 0.373 e. The Hall–Kier alpha value is -3.30. The van der Waals surface area contributed by atoms with Crippen molar-refractivity contribution in [2.75, 3.05) is 20.8 Å². The Bertz CT molecular complexity index is 1170. The summed E-state index contributed by atoms with van der Waals surface area (Å²) >= 11 is 6.80. The average molecular weight is 569 g/mol. The van der Waals surface area contributed by atoms with E-state index in [0.717, 1.165) is 4.90 Å². The summed E-state index contributed by atoms with van der Waals surface area (Å²) < 4.78 is 21.6. The molecule has 0 unspecified atom stereocenters. The zero-order valence-corrected chi connectivity index (χ0v) is 19.9. The molecule has 0 aliphatic carbocycles. The lowest BCUT2D eigenvalue weighted by Gasteiger charge is -2.14. The number of furan rings is 1. The van der Waals surface area contributed by atoms with Gasteiger partial charge in [0.05, 0.1) is 25.2 Å². The van der Waals surface area contributed by atoms with E-state index in [1.807, 2.05) is 6.07 Å². The van der Waals surface area contributed by atoms with E-state index in [2.05, 4.69) is 41.9 Å². The van der Waals surface area contributed by atoms with Gasteiger partial charge in [-0.15, -0.1) is 0 Å². The van der Waals surface area contributed by atoms with Crippen LogP contribution in [0.2, 0.25) is 0 Å². The van der Waals surface area contributed by atoms with Crippen molar-refractivity contribution in [3.63, 3.8) is 0 Å². The number of esters is 1. The summed E-state index contributed by atoms with van der Waals surface area (Å²) in [6.45, 7) is -0.357. The first kappa shape index (κ1) is 23.4. The molecule has 1 aliphatic rings. The van der Waals surface area contributed by atoms with Crippen molar-refractivity contribution < 1.29 is 33.0 Å². The molecular weight excluding hydrogens is 554 g/mol. The standard InChI is InChI=1S/C20H15Br2N3O7/c1-29-14-8-10(15(21)16(22)17(14)31-6-5-23)7-12-18(26)25(20(28)24-12)9-11-3-4-13(32-11)19(27)30-2/h3-4,7-8H,6,9H2,1-2H3,(H,24,28)/b12-7-. The van der Waals surface area contributed by atoms with E-state index in [-0.39, 0.29) is 30.4 Å². The van der Waals surface area contributed by atoms with Crippen LogP contribution in [0.15, 0.2) is 37.3 Å². The summed E-state index contributed by atoms with van der Waals surface area (Å²) in [4.78, 5) is 37.6. The summed E-state index contributed by atoms with van der Waals surface area (Å²) in [5.41, 5.74) is 0.532. The number of urea groups is 1. The molecule has 1 saturated heterocycles. The lowest BCUT2D eigenvalue weighted by molar-refractivity contribution is -0.123. The van der Waals surface area contributed by atoms with E-state index in [4.69, 9.17) is 19.2 Å². The number of nitriles is 1. The van der Waals surface area contributed by atoms with Crippen LogP contribution in [0.5, 0.6) is 11.5 Å². The predicted molar refractivity (Wildman–Crippen MR) is 117 cm³/mol. The number of benzene rings is 1. The highest BCUT2D eigenvalue weighted by Crippen LogP contribution is 2.43. The van der Waals surface area contributed by atoms with Gasteiger partial charge in [0.15, 0.2) is 18.1 Å². The van der Waals surface area contributed by atoms with E-state index < -0.39 is 17.9 Å². The van der Waals surface area contributed by atoms with Crippen molar-refractivity contribution >= 4 is 55.8 Å². The molecule has 0 atom stereocenters. The monoisotopic (exact) mass is 567 g/mol. The van der Waals surface area contributed by atoms with Crippen molar-refractivity contribution in [2.24, 2.45) is 0 Å². The Labute approximate surface area is 198 Å². The van der Waals surface area contributed by atoms with Gasteiger partial charge >= 0.3 is 12.0 Å². The van der Waals surface area contributed by atoms with E-state index in [1.54, 1.807) is 6.07 Å². The number of hydrogen-bond donors (Lipinski definition) is 1. The molecular formula is C20H15Br2N3O7. The number of hydrogen-bond acceptors (Lipinski definition) is 8. The highest BCUT2D eigenvalue weighted by Gasteiger charge is 2.34. The number of nitrogens with zero attached hydrogens (tertiary/aromatic N) is 2. The molecule has 2 heterocycles. The maximum absolute atomic E-state index is 12.8. The number of carbonyl (C=O) groups is 3. The zero-order valence-electron chi connectivity index (χ0n) is 16.7. The van der Waals surface area contributed by atoms with E-state index >= 15 is 0 Å². The molecule has 3 rings (SSSR count). The number of halogens is 2. The minimum Gasteiger partial charge on any atom is -0.493 e. The fraction of sp³-hybridized carbons (Fsp3) is 0.200. The number of ether oxygens (including phenoxy) is 3. The fourth-order valence-electron chi connectivity index (χ4n) is 2.80. The Kier molecular flexibility index (Phi) is 7.22. The van der Waals surface area contributed by atoms with Gasteiger partial charge < -0.3 is 23.9 Å². The molecule has 12 heteroatoms. The highest BCUT2D eigenvalue weighted by molar-refractivity contribution is 9.13. The van der Waals surface area contributed by atoms with Gasteiger partial charge in [-0.1, -0.05) is 0 Å². The predicted octanol–water partition coefficient (Wildman–Crippen LogP) is 3.60. The number of amides is 3. The minimum atomic E-state index is -0.666. The van der Waals surface area contributed by atoms with Crippen LogP contribution in [0.3, 0.4) is 0 Å². The molecule has 0 spiro atoms. The average Bonchev–Trinajstić information content (AvgIpc) is 3.36. The molecule has 0 radical (unpaired) electrons. The third kappa shape index (κ3) is 4.63. The molecule has 3 amide bonds. The van der Waals surface area contributed by atoms with Gasteiger partial charge in [-0.25, -0.2) is 9.59 Å². The molecule has 166 valence electrons. The molecule has 1 fully saturated rings. The zero-order chi connectivity index (χ0) is 23.4. The van der Waals surface area contributed by atoms with Crippen LogP contribution in [-0.4, -0.2) is 43.6 Å². The van der Waals surface area contributed by atoms with Crippen molar-refractivity contribution in [1.82, 2.24) is 10.2 Å². The van der Waals surface area contributed by atoms with Gasteiger partial charge in [-0.3, -0.25) is 9.69 Å². The van der Waals surface area contributed by atoms with Crippen molar-refractivity contribution in [1.29, 1.82) is 5.26 Å². The lowest BCUT2D eigenvalue weighted by atomic mass is 10.1. The van der Waals surface area contributed by atoms with E-state index in [9.17, 15) is 14.4 Å². The lowest BCUT2D eigenvalue weighted by Crippen LogP contribution is -2.30. The first-order valence-corrected chi connectivity index (χ1v) is 10.5. The Morgan fingerprint density at radius 3 is 2.69 bits per heavy atom. The maximum Gasteiger partial charge on any atom is 0.373 e. The minimum absolute atomic E-state index is 0.0232. The van der Waals surface area contributed by atoms with Crippen LogP contribution >= 0.6 is 31.9 Å². The summed E-state index contributed by atoms with van der Waals surface area (Å²) in [5.74, 6) is -0.421. The topological polar surface area (TPSA) is 131 Å². The van der Waals surface area contributed by atoms with Crippen LogP contribution in [0.25, 0.3) is 6.08 Å². The number of methoxy groups -OCH3 is 2. The second kappa shape index (κ2) is 9.88. The summed E-state index contributed by atoms with van der Waals surface area (Å²) in [6.07, 6.45) is 1.47. The third-order valence-corrected chi connectivity index (χ3v) is 6.42. The van der Waals surface area contributed by atoms with Crippen molar-refractivity contribution in [3.05, 3.63) is 49.9 Å². The number of rotatable bonds is 7. The first-order chi connectivity index (χ1) is 15.3. The Morgan fingerprint density at radius 2 is 2.03 bits per heavy atom. The number of nitrogens with one attached hydrogen (secondary N) is 1. The van der Waals surface area contributed by atoms with E-state index in [1.165, 1.54) is 32.4 Å². The van der Waals surface area contributed by atoms with Crippen LogP contribution < -0.4 is 14.8 Å². The Balaban J connectivity index is 1.87. The number of imide groups is 1. The van der Waals surface area contributed by atoms with Gasteiger partial charge in [-0.05, 0) is 61.7 Å². The molecule has 1 aliphatic heterocycles. The third-order valence-electron chi connectivity index (χ3n) is 4.28. The van der Waals surface area contributed by atoms with Gasteiger partial charge in [0.1, 0.15) is 17.5 Å². The molecule has 1 aromatic carbocycles. The molecule has 0 bridgehead atoms. The van der Waals surface area contributed by atoms with Gasteiger partial charge in [0.2, 0.25) is 5.76 Å². The van der Waals surface area contributed by atoms with Gasteiger partial charge in [0.25, 0.3) is 5.91 Å². The highest BCUT2D eigenvalue weighted by atomic mass is 79.9. The number of carbonyl (C=O) groups excluding carboxylic acids is 3. The normalized spacial score (nSPS) is 14.3. The second-order valence-corrected chi connectivity index (χ2v) is 7.79. The molecule has 1 aromatic heterocycles. The van der Waals surface area contributed by atoms with Gasteiger partial charge in [-0.2, -0.15) is 5.26 Å². The molecule has 32 heavy (non-hydrogen) atoms. The fourth-order valence-corrected chi connectivity index (χ4v) is 3.75. The SMILES string of the molecule is COC(=O)c1ccc(CN2C(=O)N/C(=C\c3cc(OC)c(OCC#N)c(Br)c3Br)C2=O)o1. The van der Waals surface area contributed by atoms with Crippen LogP contribution in [0.1, 0.15) is 21.9 Å². The van der Waals surface area contributed by atoms with Crippen molar-refractivity contribution in [2.45, 2.75) is 6.54 Å². The van der Waals surface area contributed by atoms with Crippen LogP contribution in [-0.2, 0) is 16.1 Å². The first-order valence-electron chi connectivity index (χ1n) is 8.88. The van der Waals surface area contributed by atoms with E-state index in [0.29, 0.717) is 26.0 Å². The Morgan fingerprint density at radius 1 is 1.28 bits per heavy atom. The summed E-state index contributed by atoms with van der Waals surface area (Å²) in [6, 6.07) is 5.70. The van der Waals surface area contributed by atoms with Crippen LogP contribution in [0.4, 0.5) is 4.79 Å². The molecule has 0 saturated carbocycles. The largest absolute Gasteiger partial charge is 0.493 e. The van der Waals surface area contributed by atoms with Gasteiger partial charge in [0, 0.05) is 4.47 Å². The maximum atomic E-state index is 12.8. The summed E-state index contributed by atoms with van der Waals surface area (Å²) in [5, 5.41) is 11.3.